The minimum atomic E-state index is -3.60. The van der Waals surface area contributed by atoms with Crippen molar-refractivity contribution in [2.45, 2.75) is 31.8 Å². The summed E-state index contributed by atoms with van der Waals surface area (Å²) in [5.41, 5.74) is 1.01. The molecule has 1 atom stereocenters. The fourth-order valence-corrected chi connectivity index (χ4v) is 2.18. The lowest BCUT2D eigenvalue weighted by Gasteiger charge is -2.04. The Morgan fingerprint density at radius 1 is 1.35 bits per heavy atom. The number of aryl methyl sites for hydroxylation is 1. The standard InChI is InChI=1S/C12H17NO3S/c1-4-16-11(3)9-13-17(14,15)12-7-5-10(2)6-8-12/h5-9,11H,4H2,1-3H3. The highest BCUT2D eigenvalue weighted by Gasteiger charge is 2.11. The zero-order valence-corrected chi connectivity index (χ0v) is 11.1. The number of hydrogen-bond donors (Lipinski definition) is 0. The fraction of sp³-hybridized carbons (Fsp3) is 0.417. The Kier molecular flexibility index (Phi) is 4.84. The van der Waals surface area contributed by atoms with Gasteiger partial charge in [0.1, 0.15) is 0 Å². The average Bonchev–Trinajstić information content (AvgIpc) is 2.28. The van der Waals surface area contributed by atoms with Gasteiger partial charge in [0.25, 0.3) is 10.0 Å². The van der Waals surface area contributed by atoms with E-state index in [2.05, 4.69) is 4.40 Å². The summed E-state index contributed by atoms with van der Waals surface area (Å²) in [5, 5.41) is 0. The Balaban J connectivity index is 2.85. The minimum absolute atomic E-state index is 0.197. The monoisotopic (exact) mass is 255 g/mol. The summed E-state index contributed by atoms with van der Waals surface area (Å²) in [5.74, 6) is 0. The molecule has 0 saturated heterocycles. The molecule has 0 N–H and O–H groups in total. The molecule has 0 aliphatic rings. The summed E-state index contributed by atoms with van der Waals surface area (Å²) in [6.07, 6.45) is 0.999. The quantitative estimate of drug-likeness (QED) is 0.758. The molecule has 0 aromatic heterocycles. The molecule has 0 amide bonds. The van der Waals surface area contributed by atoms with E-state index in [1.54, 1.807) is 31.2 Å². The molecule has 94 valence electrons. The molecule has 0 aliphatic heterocycles. The van der Waals surface area contributed by atoms with Gasteiger partial charge in [0, 0.05) is 12.8 Å². The molecule has 0 bridgehead atoms. The second-order valence-corrected chi connectivity index (χ2v) is 5.34. The van der Waals surface area contributed by atoms with Gasteiger partial charge in [-0.3, -0.25) is 0 Å². The normalized spacial score (nSPS) is 14.1. The van der Waals surface area contributed by atoms with Crippen LogP contribution in [0.5, 0.6) is 0 Å². The van der Waals surface area contributed by atoms with E-state index in [1.165, 1.54) is 6.21 Å². The van der Waals surface area contributed by atoms with Gasteiger partial charge in [0.05, 0.1) is 11.0 Å². The zero-order valence-electron chi connectivity index (χ0n) is 10.3. The number of rotatable bonds is 5. The van der Waals surface area contributed by atoms with Crippen LogP contribution < -0.4 is 0 Å². The van der Waals surface area contributed by atoms with Crippen molar-refractivity contribution in [2.24, 2.45) is 4.40 Å². The molecular weight excluding hydrogens is 238 g/mol. The van der Waals surface area contributed by atoms with Crippen molar-refractivity contribution in [3.8, 4) is 0 Å². The van der Waals surface area contributed by atoms with Gasteiger partial charge in [0.15, 0.2) is 0 Å². The molecule has 1 rings (SSSR count). The summed E-state index contributed by atoms with van der Waals surface area (Å²) >= 11 is 0. The van der Waals surface area contributed by atoms with Gasteiger partial charge >= 0.3 is 0 Å². The lowest BCUT2D eigenvalue weighted by Crippen LogP contribution is -2.10. The van der Waals surface area contributed by atoms with Crippen LogP contribution in [0.15, 0.2) is 33.6 Å². The predicted octanol–water partition coefficient (Wildman–Crippen LogP) is 2.18. The van der Waals surface area contributed by atoms with Gasteiger partial charge < -0.3 is 4.74 Å². The summed E-state index contributed by atoms with van der Waals surface area (Å²) in [7, 11) is -3.60. The first-order chi connectivity index (χ1) is 7.95. The van der Waals surface area contributed by atoms with Crippen molar-refractivity contribution in [3.63, 3.8) is 0 Å². The molecule has 4 nitrogen and oxygen atoms in total. The van der Waals surface area contributed by atoms with Crippen LogP contribution in [-0.4, -0.2) is 27.3 Å². The average molecular weight is 255 g/mol. The van der Waals surface area contributed by atoms with Gasteiger partial charge in [-0.05, 0) is 32.9 Å². The Bertz CT molecular complexity index is 477. The summed E-state index contributed by atoms with van der Waals surface area (Å²) in [6.45, 7) is 6.02. The third-order valence-corrected chi connectivity index (χ3v) is 3.43. The van der Waals surface area contributed by atoms with Gasteiger partial charge in [-0.15, -0.1) is 0 Å². The van der Waals surface area contributed by atoms with Crippen LogP contribution in [0.3, 0.4) is 0 Å². The van der Waals surface area contributed by atoms with Crippen LogP contribution in [0.2, 0.25) is 0 Å². The molecule has 0 aliphatic carbocycles. The zero-order chi connectivity index (χ0) is 12.9. The second-order valence-electron chi connectivity index (χ2n) is 3.70. The van der Waals surface area contributed by atoms with Crippen LogP contribution in [0.25, 0.3) is 0 Å². The third-order valence-electron chi connectivity index (χ3n) is 2.16. The van der Waals surface area contributed by atoms with Crippen LogP contribution in [0.4, 0.5) is 0 Å². The summed E-state index contributed by atoms with van der Waals surface area (Å²) in [4.78, 5) is 0.197. The minimum Gasteiger partial charge on any atom is -0.373 e. The van der Waals surface area contributed by atoms with Crippen LogP contribution in [0, 0.1) is 6.92 Å². The molecule has 0 saturated carbocycles. The first kappa shape index (κ1) is 13.9. The van der Waals surface area contributed by atoms with Crippen molar-refractivity contribution in [2.75, 3.05) is 6.61 Å². The van der Waals surface area contributed by atoms with Crippen molar-refractivity contribution in [3.05, 3.63) is 29.8 Å². The van der Waals surface area contributed by atoms with E-state index in [0.29, 0.717) is 6.61 Å². The van der Waals surface area contributed by atoms with Gasteiger partial charge in [-0.1, -0.05) is 17.7 Å². The molecule has 17 heavy (non-hydrogen) atoms. The number of hydrogen-bond acceptors (Lipinski definition) is 3. The molecule has 0 spiro atoms. The van der Waals surface area contributed by atoms with Crippen LogP contribution in [-0.2, 0) is 14.8 Å². The second kappa shape index (κ2) is 5.93. The number of sulfonamides is 1. The number of benzene rings is 1. The summed E-state index contributed by atoms with van der Waals surface area (Å²) < 4.78 is 32.4. The molecule has 1 unspecified atom stereocenters. The first-order valence-electron chi connectivity index (χ1n) is 5.44. The van der Waals surface area contributed by atoms with E-state index in [-0.39, 0.29) is 11.0 Å². The Morgan fingerprint density at radius 3 is 2.47 bits per heavy atom. The number of ether oxygens (including phenoxy) is 1. The Morgan fingerprint density at radius 2 is 1.94 bits per heavy atom. The summed E-state index contributed by atoms with van der Waals surface area (Å²) in [6, 6.07) is 6.59. The lowest BCUT2D eigenvalue weighted by atomic mass is 10.2. The lowest BCUT2D eigenvalue weighted by molar-refractivity contribution is 0.125. The van der Waals surface area contributed by atoms with E-state index in [0.717, 1.165) is 5.56 Å². The van der Waals surface area contributed by atoms with Gasteiger partial charge in [0.2, 0.25) is 0 Å². The molecule has 1 aromatic rings. The largest absolute Gasteiger partial charge is 0.373 e. The van der Waals surface area contributed by atoms with E-state index in [1.807, 2.05) is 13.8 Å². The molecule has 0 heterocycles. The van der Waals surface area contributed by atoms with Crippen molar-refractivity contribution < 1.29 is 13.2 Å². The number of nitrogens with zero attached hydrogens (tertiary/aromatic N) is 1. The van der Waals surface area contributed by atoms with E-state index in [9.17, 15) is 8.42 Å². The first-order valence-corrected chi connectivity index (χ1v) is 6.88. The molecule has 0 fully saturated rings. The van der Waals surface area contributed by atoms with Crippen molar-refractivity contribution in [1.82, 2.24) is 0 Å². The van der Waals surface area contributed by atoms with Gasteiger partial charge in [-0.25, -0.2) is 0 Å². The maximum Gasteiger partial charge on any atom is 0.282 e. The maximum atomic E-state index is 11.8. The molecule has 5 heteroatoms. The maximum absolute atomic E-state index is 11.8. The fourth-order valence-electron chi connectivity index (χ4n) is 1.24. The van der Waals surface area contributed by atoms with Crippen molar-refractivity contribution in [1.29, 1.82) is 0 Å². The van der Waals surface area contributed by atoms with E-state index < -0.39 is 10.0 Å². The molecular formula is C12H17NO3S. The SMILES string of the molecule is CCOC(C)C=NS(=O)(=O)c1ccc(C)cc1. The highest BCUT2D eigenvalue weighted by Crippen LogP contribution is 2.12. The highest BCUT2D eigenvalue weighted by molar-refractivity contribution is 7.90. The predicted molar refractivity (Wildman–Crippen MR) is 67.9 cm³/mol. The highest BCUT2D eigenvalue weighted by atomic mass is 32.2. The Hall–Kier alpha value is -1.20. The third kappa shape index (κ3) is 4.28. The Labute approximate surface area is 102 Å². The van der Waals surface area contributed by atoms with Crippen LogP contribution >= 0.6 is 0 Å². The molecule has 0 radical (unpaired) electrons. The van der Waals surface area contributed by atoms with Crippen LogP contribution in [0.1, 0.15) is 19.4 Å². The molecule has 1 aromatic carbocycles. The van der Waals surface area contributed by atoms with E-state index >= 15 is 0 Å². The van der Waals surface area contributed by atoms with E-state index in [4.69, 9.17) is 4.74 Å². The van der Waals surface area contributed by atoms with Gasteiger partial charge in [-0.2, -0.15) is 12.8 Å². The van der Waals surface area contributed by atoms with Crippen molar-refractivity contribution >= 4 is 16.2 Å². The topological polar surface area (TPSA) is 55.7 Å². The smallest absolute Gasteiger partial charge is 0.282 e.